The minimum Gasteiger partial charge on any atom is -0.366 e. The second-order valence-corrected chi connectivity index (χ2v) is 7.05. The first-order valence-electron chi connectivity index (χ1n) is 9.20. The number of fused-ring (bicyclic) bond motifs is 1. The van der Waals surface area contributed by atoms with E-state index >= 15 is 0 Å². The highest BCUT2D eigenvalue weighted by molar-refractivity contribution is 5.98. The van der Waals surface area contributed by atoms with E-state index in [4.69, 9.17) is 0 Å². The zero-order chi connectivity index (χ0) is 19.0. The highest BCUT2D eigenvalue weighted by Crippen LogP contribution is 2.23. The van der Waals surface area contributed by atoms with Gasteiger partial charge in [-0.15, -0.1) is 0 Å². The first-order valence-corrected chi connectivity index (χ1v) is 9.20. The number of para-hydroxylation sites is 1. The molecule has 1 aliphatic rings. The number of piperazine rings is 1. The average Bonchev–Trinajstić information content (AvgIpc) is 2.68. The molecule has 0 N–H and O–H groups in total. The van der Waals surface area contributed by atoms with Gasteiger partial charge in [0.15, 0.2) is 0 Å². The average molecular weight is 363 g/mol. The number of anilines is 1. The molecule has 0 atom stereocenters. The van der Waals surface area contributed by atoms with Gasteiger partial charge in [-0.3, -0.25) is 9.78 Å². The number of carbonyl (C=O) groups excluding carboxylic acids is 1. The highest BCUT2D eigenvalue weighted by atomic mass is 19.1. The first kappa shape index (κ1) is 17.5. The van der Waals surface area contributed by atoms with Gasteiger partial charge in [-0.05, 0) is 44.2 Å². The fourth-order valence-corrected chi connectivity index (χ4v) is 3.64. The quantitative estimate of drug-likeness (QED) is 0.692. The van der Waals surface area contributed by atoms with Crippen LogP contribution in [0.5, 0.6) is 0 Å². The normalized spacial score (nSPS) is 14.6. The van der Waals surface area contributed by atoms with Gasteiger partial charge in [-0.25, -0.2) is 4.39 Å². The molecule has 1 fully saturated rings. The molecule has 5 heteroatoms. The Hall–Kier alpha value is -2.95. The van der Waals surface area contributed by atoms with Crippen molar-refractivity contribution in [2.24, 2.45) is 0 Å². The molecule has 2 heterocycles. The van der Waals surface area contributed by atoms with Crippen LogP contribution in [0, 0.1) is 19.7 Å². The van der Waals surface area contributed by atoms with Crippen molar-refractivity contribution in [3.05, 3.63) is 71.2 Å². The Morgan fingerprint density at radius 2 is 1.74 bits per heavy atom. The molecule has 138 valence electrons. The van der Waals surface area contributed by atoms with E-state index in [1.165, 1.54) is 6.07 Å². The predicted molar refractivity (Wildman–Crippen MR) is 106 cm³/mol. The van der Waals surface area contributed by atoms with Gasteiger partial charge in [0, 0.05) is 31.6 Å². The minimum atomic E-state index is -0.220. The molecular formula is C22H22FN3O. The van der Waals surface area contributed by atoms with E-state index in [0.717, 1.165) is 22.2 Å². The SMILES string of the molecule is Cc1ccc2nc(C)c(C(=O)N3CCN(c4ccccc4F)CC3)cc2c1. The van der Waals surface area contributed by atoms with Crippen molar-refractivity contribution in [1.29, 1.82) is 0 Å². The Morgan fingerprint density at radius 1 is 1.00 bits per heavy atom. The summed E-state index contributed by atoms with van der Waals surface area (Å²) in [6.07, 6.45) is 0. The number of hydrogen-bond acceptors (Lipinski definition) is 3. The minimum absolute atomic E-state index is 0.00316. The summed E-state index contributed by atoms with van der Waals surface area (Å²) in [5.74, 6) is -0.223. The molecule has 0 unspecified atom stereocenters. The van der Waals surface area contributed by atoms with Crippen LogP contribution < -0.4 is 4.90 Å². The molecule has 0 spiro atoms. The van der Waals surface area contributed by atoms with Crippen LogP contribution in [0.3, 0.4) is 0 Å². The number of rotatable bonds is 2. The summed E-state index contributed by atoms with van der Waals surface area (Å²) in [6.45, 7) is 6.28. The molecule has 2 aromatic carbocycles. The molecule has 0 aliphatic carbocycles. The van der Waals surface area contributed by atoms with Gasteiger partial charge in [-0.2, -0.15) is 0 Å². The second-order valence-electron chi connectivity index (χ2n) is 7.05. The number of hydrogen-bond donors (Lipinski definition) is 0. The number of aromatic nitrogens is 1. The molecule has 0 bridgehead atoms. The largest absolute Gasteiger partial charge is 0.366 e. The van der Waals surface area contributed by atoms with Crippen molar-refractivity contribution < 1.29 is 9.18 Å². The predicted octanol–water partition coefficient (Wildman–Crippen LogP) is 3.95. The van der Waals surface area contributed by atoms with E-state index in [2.05, 4.69) is 11.1 Å². The zero-order valence-corrected chi connectivity index (χ0v) is 15.6. The summed E-state index contributed by atoms with van der Waals surface area (Å²) < 4.78 is 14.0. The molecule has 0 saturated carbocycles. The van der Waals surface area contributed by atoms with Gasteiger partial charge in [0.05, 0.1) is 22.5 Å². The number of amides is 1. The molecule has 4 rings (SSSR count). The summed E-state index contributed by atoms with van der Waals surface area (Å²) in [4.78, 5) is 21.5. The number of pyridine rings is 1. The number of benzene rings is 2. The maximum Gasteiger partial charge on any atom is 0.255 e. The summed E-state index contributed by atoms with van der Waals surface area (Å²) >= 11 is 0. The third-order valence-corrected chi connectivity index (χ3v) is 5.15. The summed E-state index contributed by atoms with van der Waals surface area (Å²) in [7, 11) is 0. The maximum atomic E-state index is 14.0. The third kappa shape index (κ3) is 3.37. The summed E-state index contributed by atoms with van der Waals surface area (Å²) in [6, 6.07) is 14.8. The fraction of sp³-hybridized carbons (Fsp3) is 0.273. The topological polar surface area (TPSA) is 36.4 Å². The monoisotopic (exact) mass is 363 g/mol. The van der Waals surface area contributed by atoms with Crippen molar-refractivity contribution in [2.45, 2.75) is 13.8 Å². The smallest absolute Gasteiger partial charge is 0.255 e. The summed E-state index contributed by atoms with van der Waals surface area (Å²) in [5.41, 5.74) is 4.04. The molecule has 0 radical (unpaired) electrons. The van der Waals surface area contributed by atoms with Crippen LogP contribution in [0.4, 0.5) is 10.1 Å². The van der Waals surface area contributed by atoms with Crippen LogP contribution >= 0.6 is 0 Å². The Balaban J connectivity index is 1.53. The maximum absolute atomic E-state index is 14.0. The van der Waals surface area contributed by atoms with E-state index in [1.54, 1.807) is 12.1 Å². The standard InChI is InChI=1S/C22H22FN3O/c1-15-7-8-20-17(13-15)14-18(16(2)24-20)22(27)26-11-9-25(10-12-26)21-6-4-3-5-19(21)23/h3-8,13-14H,9-12H2,1-2H3. The van der Waals surface area contributed by atoms with Crippen molar-refractivity contribution in [3.8, 4) is 0 Å². The number of carbonyl (C=O) groups is 1. The molecule has 1 saturated heterocycles. The molecule has 1 aromatic heterocycles. The van der Waals surface area contributed by atoms with Crippen LogP contribution in [0.1, 0.15) is 21.6 Å². The summed E-state index contributed by atoms with van der Waals surface area (Å²) in [5, 5.41) is 0.981. The van der Waals surface area contributed by atoms with Gasteiger partial charge in [0.1, 0.15) is 5.82 Å². The molecular weight excluding hydrogens is 341 g/mol. The molecule has 4 nitrogen and oxygen atoms in total. The van der Waals surface area contributed by atoms with E-state index in [9.17, 15) is 9.18 Å². The van der Waals surface area contributed by atoms with Gasteiger partial charge in [0.25, 0.3) is 5.91 Å². The third-order valence-electron chi connectivity index (χ3n) is 5.15. The van der Waals surface area contributed by atoms with Crippen LogP contribution in [0.2, 0.25) is 0 Å². The van der Waals surface area contributed by atoms with E-state index < -0.39 is 0 Å². The molecule has 1 aliphatic heterocycles. The highest BCUT2D eigenvalue weighted by Gasteiger charge is 2.25. The Labute approximate surface area is 158 Å². The van der Waals surface area contributed by atoms with Crippen molar-refractivity contribution in [2.75, 3.05) is 31.1 Å². The van der Waals surface area contributed by atoms with Gasteiger partial charge >= 0.3 is 0 Å². The van der Waals surface area contributed by atoms with E-state index in [0.29, 0.717) is 37.4 Å². The van der Waals surface area contributed by atoms with Gasteiger partial charge in [0.2, 0.25) is 0 Å². The molecule has 27 heavy (non-hydrogen) atoms. The van der Waals surface area contributed by atoms with Crippen LogP contribution in [0.25, 0.3) is 10.9 Å². The molecule has 1 amide bonds. The van der Waals surface area contributed by atoms with Crippen LogP contribution in [0.15, 0.2) is 48.5 Å². The van der Waals surface area contributed by atoms with Gasteiger partial charge < -0.3 is 9.80 Å². The lowest BCUT2D eigenvalue weighted by Gasteiger charge is -2.36. The van der Waals surface area contributed by atoms with E-state index in [-0.39, 0.29) is 11.7 Å². The Kier molecular flexibility index (Phi) is 4.52. The van der Waals surface area contributed by atoms with Crippen molar-refractivity contribution in [1.82, 2.24) is 9.88 Å². The van der Waals surface area contributed by atoms with E-state index in [1.807, 2.05) is 47.9 Å². The number of halogens is 1. The van der Waals surface area contributed by atoms with Crippen LogP contribution in [-0.2, 0) is 0 Å². The Bertz CT molecular complexity index is 1010. The van der Waals surface area contributed by atoms with Crippen molar-refractivity contribution in [3.63, 3.8) is 0 Å². The number of nitrogens with zero attached hydrogens (tertiary/aromatic N) is 3. The fourth-order valence-electron chi connectivity index (χ4n) is 3.64. The van der Waals surface area contributed by atoms with Gasteiger partial charge in [-0.1, -0.05) is 23.8 Å². The van der Waals surface area contributed by atoms with Crippen LogP contribution in [-0.4, -0.2) is 42.0 Å². The zero-order valence-electron chi connectivity index (χ0n) is 15.6. The lowest BCUT2D eigenvalue weighted by Crippen LogP contribution is -2.49. The van der Waals surface area contributed by atoms with Crippen molar-refractivity contribution >= 4 is 22.5 Å². The number of aryl methyl sites for hydroxylation is 2. The molecule has 3 aromatic rings. The second kappa shape index (κ2) is 6.99. The lowest BCUT2D eigenvalue weighted by molar-refractivity contribution is 0.0745. The Morgan fingerprint density at radius 3 is 2.48 bits per heavy atom. The first-order chi connectivity index (χ1) is 13.0. The lowest BCUT2D eigenvalue weighted by atomic mass is 10.1.